The average Bonchev–Trinajstić information content (AvgIpc) is 1.86. The standard InChI is InChI=1S/C4H8S2.CH4/c1-4-2-3-5-6-4;/h4H,2-3H2,1H3;1H4. The van der Waals surface area contributed by atoms with E-state index in [9.17, 15) is 0 Å². The van der Waals surface area contributed by atoms with Crippen LogP contribution in [-0.2, 0) is 0 Å². The molecule has 0 aliphatic carbocycles. The van der Waals surface area contributed by atoms with E-state index in [1.54, 1.807) is 0 Å². The number of hydrogen-bond acceptors (Lipinski definition) is 2. The molecule has 1 saturated heterocycles. The molecule has 1 heterocycles. The molecule has 0 amide bonds. The highest BCUT2D eigenvalue weighted by Crippen LogP contribution is 2.36. The normalized spacial score (nSPS) is 29.6. The number of rotatable bonds is 0. The molecule has 0 aromatic rings. The van der Waals surface area contributed by atoms with Gasteiger partial charge in [-0.15, -0.1) is 0 Å². The Balaban J connectivity index is 0.000000360. The molecule has 7 heavy (non-hydrogen) atoms. The van der Waals surface area contributed by atoms with Gasteiger partial charge in [0.1, 0.15) is 0 Å². The monoisotopic (exact) mass is 136 g/mol. The van der Waals surface area contributed by atoms with Gasteiger partial charge in [0.25, 0.3) is 0 Å². The van der Waals surface area contributed by atoms with Crippen LogP contribution in [-0.4, -0.2) is 11.0 Å². The van der Waals surface area contributed by atoms with E-state index in [4.69, 9.17) is 0 Å². The molecule has 1 atom stereocenters. The van der Waals surface area contributed by atoms with Crippen LogP contribution in [0.3, 0.4) is 0 Å². The van der Waals surface area contributed by atoms with Gasteiger partial charge in [0.15, 0.2) is 0 Å². The number of hydrogen-bond donors (Lipinski definition) is 0. The van der Waals surface area contributed by atoms with Crippen molar-refractivity contribution in [3.05, 3.63) is 0 Å². The van der Waals surface area contributed by atoms with Crippen LogP contribution in [0, 0.1) is 0 Å². The minimum absolute atomic E-state index is 0. The first kappa shape index (κ1) is 7.70. The summed E-state index contributed by atoms with van der Waals surface area (Å²) in [4.78, 5) is 0. The third-order valence-corrected chi connectivity index (χ3v) is 3.84. The van der Waals surface area contributed by atoms with Crippen LogP contribution in [0.25, 0.3) is 0 Å². The molecule has 0 nitrogen and oxygen atoms in total. The van der Waals surface area contributed by atoms with E-state index in [-0.39, 0.29) is 7.43 Å². The maximum atomic E-state index is 2.28. The van der Waals surface area contributed by atoms with E-state index < -0.39 is 0 Å². The summed E-state index contributed by atoms with van der Waals surface area (Å²) < 4.78 is 0. The Bertz CT molecular complexity index is 39.3. The highest BCUT2D eigenvalue weighted by Gasteiger charge is 2.08. The molecule has 0 saturated carbocycles. The molecule has 0 aromatic heterocycles. The van der Waals surface area contributed by atoms with Gasteiger partial charge in [-0.25, -0.2) is 0 Å². The first-order chi connectivity index (χ1) is 2.89. The fourth-order valence-corrected chi connectivity index (χ4v) is 3.13. The topological polar surface area (TPSA) is 0 Å². The van der Waals surface area contributed by atoms with Gasteiger partial charge in [-0.2, -0.15) is 0 Å². The third-order valence-electron chi connectivity index (χ3n) is 0.840. The molecule has 1 rings (SSSR count). The first-order valence-electron chi connectivity index (χ1n) is 2.18. The van der Waals surface area contributed by atoms with Crippen molar-refractivity contribution in [2.24, 2.45) is 0 Å². The molecule has 0 N–H and O–H groups in total. The fraction of sp³-hybridized carbons (Fsp3) is 1.00. The van der Waals surface area contributed by atoms with Crippen LogP contribution in [0.2, 0.25) is 0 Å². The van der Waals surface area contributed by atoms with Crippen molar-refractivity contribution in [1.82, 2.24) is 0 Å². The molecule has 1 unspecified atom stereocenters. The highest BCUT2D eigenvalue weighted by atomic mass is 33.1. The summed E-state index contributed by atoms with van der Waals surface area (Å²) >= 11 is 0. The zero-order valence-corrected chi connectivity index (χ0v) is 5.44. The second-order valence-corrected chi connectivity index (χ2v) is 4.44. The Morgan fingerprint density at radius 3 is 2.43 bits per heavy atom. The van der Waals surface area contributed by atoms with Gasteiger partial charge in [-0.1, -0.05) is 35.9 Å². The van der Waals surface area contributed by atoms with Gasteiger partial charge in [-0.3, -0.25) is 0 Å². The van der Waals surface area contributed by atoms with Gasteiger partial charge >= 0.3 is 0 Å². The van der Waals surface area contributed by atoms with Crippen molar-refractivity contribution in [2.75, 3.05) is 5.75 Å². The summed E-state index contributed by atoms with van der Waals surface area (Å²) in [7, 11) is 4.01. The van der Waals surface area contributed by atoms with E-state index in [1.165, 1.54) is 12.2 Å². The lowest BCUT2D eigenvalue weighted by Crippen LogP contribution is -1.84. The van der Waals surface area contributed by atoms with Gasteiger partial charge in [0, 0.05) is 11.0 Å². The quantitative estimate of drug-likeness (QED) is 0.470. The molecule has 0 bridgehead atoms. The lowest BCUT2D eigenvalue weighted by molar-refractivity contribution is 0.935. The van der Waals surface area contributed by atoms with Gasteiger partial charge in [0.05, 0.1) is 0 Å². The molecular weight excluding hydrogens is 124 g/mol. The lowest BCUT2D eigenvalue weighted by Gasteiger charge is -1.89. The van der Waals surface area contributed by atoms with Crippen LogP contribution in [0.5, 0.6) is 0 Å². The van der Waals surface area contributed by atoms with Crippen molar-refractivity contribution in [1.29, 1.82) is 0 Å². The summed E-state index contributed by atoms with van der Waals surface area (Å²) in [5.74, 6) is 1.37. The van der Waals surface area contributed by atoms with Crippen LogP contribution in [0.1, 0.15) is 20.8 Å². The van der Waals surface area contributed by atoms with Crippen molar-refractivity contribution in [3.63, 3.8) is 0 Å². The van der Waals surface area contributed by atoms with E-state index >= 15 is 0 Å². The largest absolute Gasteiger partial charge is 0.0938 e. The van der Waals surface area contributed by atoms with Crippen LogP contribution in [0.4, 0.5) is 0 Å². The van der Waals surface area contributed by atoms with E-state index in [0.29, 0.717) is 0 Å². The van der Waals surface area contributed by atoms with Gasteiger partial charge in [0.2, 0.25) is 0 Å². The minimum atomic E-state index is 0. The summed E-state index contributed by atoms with van der Waals surface area (Å²) in [6.45, 7) is 2.28. The minimum Gasteiger partial charge on any atom is -0.0938 e. The second-order valence-electron chi connectivity index (χ2n) is 1.52. The first-order valence-corrected chi connectivity index (χ1v) is 4.56. The molecule has 1 aliphatic heterocycles. The summed E-state index contributed by atoms with van der Waals surface area (Å²) in [5.41, 5.74) is 0. The van der Waals surface area contributed by atoms with E-state index in [2.05, 4.69) is 6.92 Å². The van der Waals surface area contributed by atoms with Crippen molar-refractivity contribution in [2.45, 2.75) is 26.0 Å². The molecule has 1 fully saturated rings. The molecular formula is C5H12S2. The molecule has 0 spiro atoms. The fourth-order valence-electron chi connectivity index (χ4n) is 0.426. The van der Waals surface area contributed by atoms with Crippen molar-refractivity contribution >= 4 is 21.6 Å². The summed E-state index contributed by atoms with van der Waals surface area (Å²) in [6.07, 6.45) is 1.41. The summed E-state index contributed by atoms with van der Waals surface area (Å²) in [5, 5.41) is 0.926. The zero-order valence-electron chi connectivity index (χ0n) is 3.81. The molecule has 2 heteroatoms. The van der Waals surface area contributed by atoms with Crippen LogP contribution in [0.15, 0.2) is 0 Å². The molecule has 1 aliphatic rings. The molecule has 44 valence electrons. The SMILES string of the molecule is C.CC1CCSS1. The highest BCUT2D eigenvalue weighted by molar-refractivity contribution is 8.77. The Kier molecular flexibility index (Phi) is 4.04. The van der Waals surface area contributed by atoms with E-state index in [0.717, 1.165) is 5.25 Å². The maximum absolute atomic E-state index is 2.28. The Hall–Kier alpha value is 0.700. The van der Waals surface area contributed by atoms with Crippen molar-refractivity contribution in [3.8, 4) is 0 Å². The van der Waals surface area contributed by atoms with Gasteiger partial charge in [-0.05, 0) is 6.42 Å². The maximum Gasteiger partial charge on any atom is 0.0131 e. The van der Waals surface area contributed by atoms with Crippen LogP contribution < -0.4 is 0 Å². The Morgan fingerprint density at radius 2 is 2.29 bits per heavy atom. The Morgan fingerprint density at radius 1 is 1.57 bits per heavy atom. The average molecular weight is 136 g/mol. The molecule has 0 aromatic carbocycles. The predicted molar refractivity (Wildman–Crippen MR) is 40.9 cm³/mol. The van der Waals surface area contributed by atoms with Crippen molar-refractivity contribution < 1.29 is 0 Å². The predicted octanol–water partition coefficient (Wildman–Crippen LogP) is 2.80. The zero-order chi connectivity index (χ0) is 4.41. The Labute approximate surface area is 53.8 Å². The second kappa shape index (κ2) is 3.67. The third kappa shape index (κ3) is 2.50. The van der Waals surface area contributed by atoms with E-state index in [1.807, 2.05) is 21.6 Å². The lowest BCUT2D eigenvalue weighted by atomic mass is 10.4. The molecule has 0 radical (unpaired) electrons. The van der Waals surface area contributed by atoms with Gasteiger partial charge < -0.3 is 0 Å². The smallest absolute Gasteiger partial charge is 0.0131 e. The van der Waals surface area contributed by atoms with Crippen LogP contribution >= 0.6 is 21.6 Å². The summed E-state index contributed by atoms with van der Waals surface area (Å²) in [6, 6.07) is 0.